The number of benzene rings is 1. The van der Waals surface area contributed by atoms with Gasteiger partial charge in [-0.25, -0.2) is 0 Å². The number of hydrogen-bond acceptors (Lipinski definition) is 18. The van der Waals surface area contributed by atoms with Gasteiger partial charge < -0.3 is 87.4 Å². The third-order valence-corrected chi connectivity index (χ3v) is 23.4. The van der Waals surface area contributed by atoms with Crippen molar-refractivity contribution in [3.8, 4) is 0 Å². The van der Waals surface area contributed by atoms with E-state index in [-0.39, 0.29) is 0 Å². The molecular formula is C103H206N8O10. The fourth-order valence-corrected chi connectivity index (χ4v) is 17.5. The van der Waals surface area contributed by atoms with E-state index in [1.165, 1.54) is 277 Å². The minimum Gasteiger partial charge on any atom is -0.376 e. The maximum atomic E-state index is 5.81. The van der Waals surface area contributed by atoms with Crippen LogP contribution in [0.4, 0.5) is 0 Å². The molecule has 4 saturated carbocycles. The molecule has 0 radical (unpaired) electrons. The lowest BCUT2D eigenvalue weighted by Crippen LogP contribution is -2.46. The molecule has 0 bridgehead atoms. The summed E-state index contributed by atoms with van der Waals surface area (Å²) in [6.07, 6.45) is 47.8. The van der Waals surface area contributed by atoms with Gasteiger partial charge in [0.25, 0.3) is 0 Å². The van der Waals surface area contributed by atoms with Crippen molar-refractivity contribution in [1.82, 2.24) is 40.0 Å². The normalized spacial score (nSPS) is 23.0. The van der Waals surface area contributed by atoms with Gasteiger partial charge in [-0.15, -0.1) is 0 Å². The van der Waals surface area contributed by atoms with Crippen LogP contribution in [0.1, 0.15) is 371 Å². The largest absolute Gasteiger partial charge is 0.376 e. The van der Waals surface area contributed by atoms with E-state index in [4.69, 9.17) is 47.4 Å². The first-order chi connectivity index (χ1) is 57.5. The van der Waals surface area contributed by atoms with Gasteiger partial charge in [0.05, 0.1) is 123 Å². The molecule has 7 heterocycles. The van der Waals surface area contributed by atoms with Crippen LogP contribution in [-0.2, 0) is 54.0 Å². The Labute approximate surface area is 751 Å². The number of likely N-dealkylation sites (tertiary alicyclic amines) is 6. The summed E-state index contributed by atoms with van der Waals surface area (Å²) in [7, 11) is 6.54. The molecule has 12 rings (SSSR count). The van der Waals surface area contributed by atoms with Crippen molar-refractivity contribution in [3.05, 3.63) is 35.9 Å². The van der Waals surface area contributed by atoms with Gasteiger partial charge in [-0.05, 0) is 346 Å². The summed E-state index contributed by atoms with van der Waals surface area (Å²) in [5, 5.41) is 6.89. The van der Waals surface area contributed by atoms with Gasteiger partial charge >= 0.3 is 0 Å². The van der Waals surface area contributed by atoms with Crippen molar-refractivity contribution in [1.29, 1.82) is 0 Å². The highest BCUT2D eigenvalue weighted by Gasteiger charge is 2.33. The maximum absolute atomic E-state index is 5.81. The van der Waals surface area contributed by atoms with Gasteiger partial charge in [0.1, 0.15) is 0 Å². The van der Waals surface area contributed by atoms with E-state index in [0.29, 0.717) is 128 Å². The molecule has 0 amide bonds. The van der Waals surface area contributed by atoms with Crippen molar-refractivity contribution in [2.75, 3.05) is 119 Å². The van der Waals surface area contributed by atoms with Crippen molar-refractivity contribution < 1.29 is 47.4 Å². The molecule has 0 spiro atoms. The first-order valence-electron chi connectivity index (χ1n) is 50.8. The monoisotopic (exact) mass is 1720 g/mol. The molecule has 3 unspecified atom stereocenters. The smallest absolute Gasteiger partial charge is 0.0720 e. The molecule has 3 atom stereocenters. The van der Waals surface area contributed by atoms with Crippen LogP contribution >= 0.6 is 0 Å². The Bertz CT molecular complexity index is 2270. The number of rotatable bonds is 26. The molecule has 11 aliphatic rings. The molecule has 7 saturated heterocycles. The van der Waals surface area contributed by atoms with E-state index in [9.17, 15) is 0 Å². The third-order valence-electron chi connectivity index (χ3n) is 23.4. The number of nitrogens with zero attached hydrogens (tertiary/aromatic N) is 6. The lowest BCUT2D eigenvalue weighted by atomic mass is 9.98. The molecular weight excluding hydrogens is 1510 g/mol. The van der Waals surface area contributed by atoms with Gasteiger partial charge in [0.15, 0.2) is 0 Å². The van der Waals surface area contributed by atoms with Crippen molar-refractivity contribution in [3.63, 3.8) is 0 Å². The summed E-state index contributed by atoms with van der Waals surface area (Å²) in [4.78, 5) is 14.8. The lowest BCUT2D eigenvalue weighted by Gasteiger charge is -2.35. The highest BCUT2D eigenvalue weighted by atomic mass is 16.5. The average molecular weight is 1720 g/mol. The predicted octanol–water partition coefficient (Wildman–Crippen LogP) is 21.9. The lowest BCUT2D eigenvalue weighted by molar-refractivity contribution is -0.0310. The van der Waals surface area contributed by atoms with Crippen LogP contribution in [0.5, 0.6) is 0 Å². The number of nitrogens with one attached hydrogen (secondary N) is 2. The summed E-state index contributed by atoms with van der Waals surface area (Å²) in [6, 6.07) is 13.2. The first-order valence-corrected chi connectivity index (χ1v) is 50.8. The zero-order chi connectivity index (χ0) is 89.9. The Kier molecular flexibility index (Phi) is 68.1. The highest BCUT2D eigenvalue weighted by molar-refractivity contribution is 5.13. The fourth-order valence-electron chi connectivity index (χ4n) is 17.5. The predicted molar refractivity (Wildman–Crippen MR) is 517 cm³/mol. The first kappa shape index (κ1) is 116. The van der Waals surface area contributed by atoms with Crippen molar-refractivity contribution in [2.45, 2.75) is 512 Å². The molecule has 2 N–H and O–H groups in total. The Morgan fingerprint density at radius 3 is 1.01 bits per heavy atom. The third kappa shape index (κ3) is 66.5. The number of hydrogen-bond donors (Lipinski definition) is 2. The molecule has 1 aromatic carbocycles. The van der Waals surface area contributed by atoms with Gasteiger partial charge in [-0.3, -0.25) is 0 Å². The molecule has 18 nitrogen and oxygen atoms in total. The van der Waals surface area contributed by atoms with Crippen LogP contribution in [0.15, 0.2) is 30.3 Å². The van der Waals surface area contributed by atoms with Gasteiger partial charge in [-0.2, -0.15) is 0 Å². The summed E-state index contributed by atoms with van der Waals surface area (Å²) in [6.45, 7) is 72.0. The van der Waals surface area contributed by atoms with Crippen molar-refractivity contribution >= 4 is 0 Å². The van der Waals surface area contributed by atoms with Crippen LogP contribution in [0.2, 0.25) is 0 Å². The SMILES string of the molecule is CC(C)NC1CCCN(C)C1.CC(C)OC1CCCC1.CC(C)OC1CCCCC1.CC(C)OC1CCCCC1.CC(C)OC1CCCN(C)C1.CC(C)OC1CCCNC1.CC(C)OC1CCN(C(C)C)CC1.CC(C)OC1CCN(C)CC1.CC(C)OC1CCN(C2CC2)CC1.CC(C)OCc1ccccc1.CCN1CCC(OC(C)C)CC1. The summed E-state index contributed by atoms with van der Waals surface area (Å²) >= 11 is 0. The minimum absolute atomic E-state index is 0.315. The second-order valence-electron chi connectivity index (χ2n) is 40.3. The van der Waals surface area contributed by atoms with Crippen LogP contribution in [0.25, 0.3) is 0 Å². The molecule has 4 aliphatic carbocycles. The van der Waals surface area contributed by atoms with Gasteiger partial charge in [0.2, 0.25) is 0 Å². The Morgan fingerprint density at radius 2 is 0.661 bits per heavy atom. The van der Waals surface area contributed by atoms with E-state index in [1.807, 2.05) is 32.0 Å². The molecule has 18 heteroatoms. The van der Waals surface area contributed by atoms with Crippen molar-refractivity contribution in [2.24, 2.45) is 0 Å². The van der Waals surface area contributed by atoms with E-state index >= 15 is 0 Å². The Hall–Kier alpha value is -1.50. The van der Waals surface area contributed by atoms with Gasteiger partial charge in [-0.1, -0.05) is 102 Å². The zero-order valence-corrected chi connectivity index (χ0v) is 85.0. The van der Waals surface area contributed by atoms with E-state index < -0.39 is 0 Å². The standard InChI is InChI=1S/C11H21NO.C11H23NO.C10H21NO.C10H14O.C9H20N2.2C9H19NO.2C9H18O.C8H17NO.C8H16O/c1-9(2)13-11-5-7-12(8-6-11)10-3-4-10;1-9(2)12-7-5-11(6-8-12)13-10(3)4;1-4-11-7-5-10(6-8-11)12-9(2)3;1-9(2)11-8-10-6-4-3-5-7-10;1-8(2)10-9-5-4-6-11(3)7-9;1-8(2)11-9-4-6-10(3)7-5-9;1-8(2)11-9-5-4-6-10(3)7-9;2*1-8(2)10-9-6-4-3-5-7-9;1-7(2)10-8-4-3-5-9-6-8;1-7(2)9-8-5-3-4-6-8/h9-11H,3-8H2,1-2H3;9-11H,5-8H2,1-4H3;9-10H,4-8H2,1-3H3;3-7,9H,8H2,1-2H3;8-10H,4-7H2,1-3H3;2*8-9H,4-7H2,1-3H3;2*8-9H,3-7H2,1-2H3;7-9H,3-6H2,1-2H3;7-8H,3-6H2,1-2H3. The van der Waals surface area contributed by atoms with E-state index in [1.54, 1.807) is 0 Å². The molecule has 718 valence electrons. The Morgan fingerprint density at radius 1 is 0.322 bits per heavy atom. The van der Waals surface area contributed by atoms with Crippen LogP contribution < -0.4 is 10.6 Å². The van der Waals surface area contributed by atoms with Crippen LogP contribution in [-0.4, -0.2) is 289 Å². The second kappa shape index (κ2) is 71.3. The minimum atomic E-state index is 0.315. The summed E-state index contributed by atoms with van der Waals surface area (Å²) in [5.74, 6) is 0. The van der Waals surface area contributed by atoms with E-state index in [0.717, 1.165) is 38.3 Å². The second-order valence-corrected chi connectivity index (χ2v) is 40.3. The quantitative estimate of drug-likeness (QED) is 0.0909. The molecule has 7 aliphatic heterocycles. The summed E-state index contributed by atoms with van der Waals surface area (Å²) in [5.41, 5.74) is 1.24. The maximum Gasteiger partial charge on any atom is 0.0720 e. The highest BCUT2D eigenvalue weighted by Crippen LogP contribution is 2.31. The van der Waals surface area contributed by atoms with Gasteiger partial charge in [0, 0.05) is 96.2 Å². The average Bonchev–Trinajstić information content (AvgIpc) is 1.72. The molecule has 11 fully saturated rings. The van der Waals surface area contributed by atoms with E-state index in [2.05, 4.69) is 233 Å². The number of ether oxygens (including phenoxy) is 10. The zero-order valence-electron chi connectivity index (χ0n) is 85.0. The number of piperidine rings is 7. The molecule has 121 heavy (non-hydrogen) atoms. The number of likely N-dealkylation sites (N-methyl/N-ethyl adjacent to an activating group) is 2. The van der Waals surface area contributed by atoms with Crippen LogP contribution in [0.3, 0.4) is 0 Å². The topological polar surface area (TPSA) is 136 Å². The molecule has 1 aromatic rings. The van der Waals surface area contributed by atoms with Crippen LogP contribution in [0, 0.1) is 0 Å². The molecule has 0 aromatic heterocycles. The fraction of sp³-hybridized carbons (Fsp3) is 0.942. The Balaban J connectivity index is 0.000000452. The summed E-state index contributed by atoms with van der Waals surface area (Å²) < 4.78 is 56.8.